The predicted octanol–water partition coefficient (Wildman–Crippen LogP) is 1.13. The van der Waals surface area contributed by atoms with Crippen molar-refractivity contribution in [1.29, 1.82) is 0 Å². The Morgan fingerprint density at radius 3 is 2.47 bits per heavy atom. The Morgan fingerprint density at radius 2 is 1.95 bits per heavy atom. The van der Waals surface area contributed by atoms with E-state index in [-0.39, 0.29) is 24.0 Å². The zero-order valence-electron chi connectivity index (χ0n) is 10.0. The van der Waals surface area contributed by atoms with Crippen LogP contribution in [-0.4, -0.2) is 32.4 Å². The van der Waals surface area contributed by atoms with Crippen LogP contribution in [0.4, 0.5) is 8.78 Å². The topological polar surface area (TPSA) is 63.2 Å². The first-order valence-electron chi connectivity index (χ1n) is 5.82. The van der Waals surface area contributed by atoms with Crippen molar-refractivity contribution in [3.05, 3.63) is 35.4 Å². The van der Waals surface area contributed by atoms with Crippen LogP contribution in [0.15, 0.2) is 18.2 Å². The monoisotopic (exact) mass is 289 g/mol. The normalized spacial score (nSPS) is 21.3. The summed E-state index contributed by atoms with van der Waals surface area (Å²) >= 11 is 0. The highest BCUT2D eigenvalue weighted by atomic mass is 32.2. The molecule has 1 aliphatic rings. The van der Waals surface area contributed by atoms with Gasteiger partial charge in [-0.1, -0.05) is 6.07 Å². The van der Waals surface area contributed by atoms with Gasteiger partial charge in [0.1, 0.15) is 17.2 Å². The van der Waals surface area contributed by atoms with Gasteiger partial charge in [0.2, 0.25) is 0 Å². The summed E-state index contributed by atoms with van der Waals surface area (Å²) in [6.07, 6.45) is 0.461. The van der Waals surface area contributed by atoms with E-state index >= 15 is 0 Å². The van der Waals surface area contributed by atoms with Gasteiger partial charge in [-0.3, -0.25) is 4.79 Å². The maximum Gasteiger partial charge on any atom is 0.257 e. The standard InChI is InChI=1S/C12H13F2NO3S/c13-9-2-1-3-10(14)11(9)12(16)15-6-8-4-5-19(17,18)7-8/h1-3,8H,4-7H2,(H,15,16). The third kappa shape index (κ3) is 3.28. The minimum atomic E-state index is -3.02. The van der Waals surface area contributed by atoms with Crippen LogP contribution in [0.25, 0.3) is 0 Å². The first-order valence-corrected chi connectivity index (χ1v) is 7.64. The lowest BCUT2D eigenvalue weighted by Gasteiger charge is -2.10. The molecule has 19 heavy (non-hydrogen) atoms. The number of amides is 1. The van der Waals surface area contributed by atoms with Gasteiger partial charge in [-0.05, 0) is 24.5 Å². The quantitative estimate of drug-likeness (QED) is 0.907. The van der Waals surface area contributed by atoms with Crippen molar-refractivity contribution in [2.75, 3.05) is 18.1 Å². The van der Waals surface area contributed by atoms with E-state index in [0.717, 1.165) is 12.1 Å². The van der Waals surface area contributed by atoms with Crippen LogP contribution in [0.2, 0.25) is 0 Å². The van der Waals surface area contributed by atoms with Crippen molar-refractivity contribution in [3.63, 3.8) is 0 Å². The lowest BCUT2D eigenvalue weighted by Crippen LogP contribution is -2.31. The number of hydrogen-bond acceptors (Lipinski definition) is 3. The van der Waals surface area contributed by atoms with Crippen LogP contribution in [0, 0.1) is 17.6 Å². The van der Waals surface area contributed by atoms with Crippen LogP contribution >= 0.6 is 0 Å². The second-order valence-electron chi connectivity index (χ2n) is 4.58. The summed E-state index contributed by atoms with van der Waals surface area (Å²) < 4.78 is 49.1. The third-order valence-electron chi connectivity index (χ3n) is 3.07. The van der Waals surface area contributed by atoms with Gasteiger partial charge in [-0.25, -0.2) is 17.2 Å². The van der Waals surface area contributed by atoms with Crippen molar-refractivity contribution in [2.24, 2.45) is 5.92 Å². The van der Waals surface area contributed by atoms with E-state index in [1.165, 1.54) is 6.07 Å². The van der Waals surface area contributed by atoms with E-state index in [9.17, 15) is 22.0 Å². The lowest BCUT2D eigenvalue weighted by molar-refractivity contribution is 0.0940. The van der Waals surface area contributed by atoms with Crippen molar-refractivity contribution >= 4 is 15.7 Å². The average Bonchev–Trinajstić information content (AvgIpc) is 2.66. The lowest BCUT2D eigenvalue weighted by atomic mass is 10.1. The Kier molecular flexibility index (Phi) is 3.84. The van der Waals surface area contributed by atoms with Crippen LogP contribution in [0.5, 0.6) is 0 Å². The molecule has 1 unspecified atom stereocenters. The Hall–Kier alpha value is -1.50. The van der Waals surface area contributed by atoms with Crippen LogP contribution in [0.3, 0.4) is 0 Å². The molecule has 4 nitrogen and oxygen atoms in total. The predicted molar refractivity (Wildman–Crippen MR) is 65.5 cm³/mol. The Bertz CT molecular complexity index is 581. The molecule has 0 saturated carbocycles. The van der Waals surface area contributed by atoms with Gasteiger partial charge in [-0.2, -0.15) is 0 Å². The first kappa shape index (κ1) is 13.9. The van der Waals surface area contributed by atoms with Crippen LogP contribution < -0.4 is 5.32 Å². The molecule has 1 amide bonds. The van der Waals surface area contributed by atoms with Gasteiger partial charge in [0.15, 0.2) is 9.84 Å². The van der Waals surface area contributed by atoms with E-state index in [4.69, 9.17) is 0 Å². The molecule has 1 aromatic carbocycles. The van der Waals surface area contributed by atoms with E-state index < -0.39 is 32.9 Å². The van der Waals surface area contributed by atoms with E-state index in [1.54, 1.807) is 0 Å². The van der Waals surface area contributed by atoms with Gasteiger partial charge in [0.05, 0.1) is 11.5 Å². The summed E-state index contributed by atoms with van der Waals surface area (Å²) in [6.45, 7) is 0.103. The van der Waals surface area contributed by atoms with Crippen molar-refractivity contribution in [3.8, 4) is 0 Å². The van der Waals surface area contributed by atoms with Crippen molar-refractivity contribution < 1.29 is 22.0 Å². The molecular weight excluding hydrogens is 276 g/mol. The molecule has 1 heterocycles. The summed E-state index contributed by atoms with van der Waals surface area (Å²) in [5.74, 6) is -2.81. The van der Waals surface area contributed by atoms with E-state index in [2.05, 4.69) is 5.32 Å². The summed E-state index contributed by atoms with van der Waals surface area (Å²) in [7, 11) is -3.02. The fraction of sp³-hybridized carbons (Fsp3) is 0.417. The number of rotatable bonds is 3. The Balaban J connectivity index is 1.99. The molecule has 1 aliphatic heterocycles. The summed E-state index contributed by atoms with van der Waals surface area (Å²) in [5.41, 5.74) is -0.636. The maximum atomic E-state index is 13.3. The molecule has 1 fully saturated rings. The third-order valence-corrected chi connectivity index (χ3v) is 4.90. The molecular formula is C12H13F2NO3S. The molecule has 0 bridgehead atoms. The molecule has 7 heteroatoms. The first-order chi connectivity index (χ1) is 8.89. The number of benzene rings is 1. The van der Waals surface area contributed by atoms with Gasteiger partial charge in [0, 0.05) is 6.54 Å². The number of hydrogen-bond donors (Lipinski definition) is 1. The highest BCUT2D eigenvalue weighted by Crippen LogP contribution is 2.18. The molecule has 0 aliphatic carbocycles. The molecule has 1 aromatic rings. The maximum absolute atomic E-state index is 13.3. The fourth-order valence-corrected chi connectivity index (χ4v) is 3.94. The number of halogens is 2. The highest BCUT2D eigenvalue weighted by molar-refractivity contribution is 7.91. The van der Waals surface area contributed by atoms with Crippen LogP contribution in [-0.2, 0) is 9.84 Å². The molecule has 1 saturated heterocycles. The van der Waals surface area contributed by atoms with Gasteiger partial charge >= 0.3 is 0 Å². The van der Waals surface area contributed by atoms with E-state index in [1.807, 2.05) is 0 Å². The largest absolute Gasteiger partial charge is 0.352 e. The number of nitrogens with one attached hydrogen (secondary N) is 1. The Morgan fingerprint density at radius 1 is 1.32 bits per heavy atom. The molecule has 104 valence electrons. The molecule has 1 atom stereocenters. The zero-order chi connectivity index (χ0) is 14.0. The minimum Gasteiger partial charge on any atom is -0.352 e. The summed E-state index contributed by atoms with van der Waals surface area (Å²) in [6, 6.07) is 3.17. The van der Waals surface area contributed by atoms with Crippen molar-refractivity contribution in [2.45, 2.75) is 6.42 Å². The fourth-order valence-electron chi connectivity index (χ4n) is 2.07. The molecule has 0 radical (unpaired) electrons. The van der Waals surface area contributed by atoms with Gasteiger partial charge in [-0.15, -0.1) is 0 Å². The minimum absolute atomic E-state index is 0.00698. The second-order valence-corrected chi connectivity index (χ2v) is 6.80. The highest BCUT2D eigenvalue weighted by Gasteiger charge is 2.28. The Labute approximate surface area is 109 Å². The molecule has 0 aromatic heterocycles. The molecule has 0 spiro atoms. The van der Waals surface area contributed by atoms with Crippen LogP contribution in [0.1, 0.15) is 16.8 Å². The summed E-state index contributed by atoms with van der Waals surface area (Å²) in [4.78, 5) is 11.7. The number of carbonyl (C=O) groups excluding carboxylic acids is 1. The zero-order valence-corrected chi connectivity index (χ0v) is 10.8. The average molecular weight is 289 g/mol. The number of carbonyl (C=O) groups is 1. The SMILES string of the molecule is O=C(NCC1CCS(=O)(=O)C1)c1c(F)cccc1F. The molecule has 2 rings (SSSR count). The summed E-state index contributed by atoms with van der Waals surface area (Å²) in [5, 5.41) is 2.38. The molecule has 1 N–H and O–H groups in total. The van der Waals surface area contributed by atoms with Gasteiger partial charge in [0.25, 0.3) is 5.91 Å². The van der Waals surface area contributed by atoms with Crippen molar-refractivity contribution in [1.82, 2.24) is 5.32 Å². The van der Waals surface area contributed by atoms with Gasteiger partial charge < -0.3 is 5.32 Å². The number of sulfone groups is 1. The second kappa shape index (κ2) is 5.24. The van der Waals surface area contributed by atoms with E-state index in [0.29, 0.717) is 6.42 Å². The smallest absolute Gasteiger partial charge is 0.257 e.